The van der Waals surface area contributed by atoms with E-state index in [1.807, 2.05) is 0 Å². The summed E-state index contributed by atoms with van der Waals surface area (Å²) in [5, 5.41) is 0. The van der Waals surface area contributed by atoms with Gasteiger partial charge in [-0.15, -0.1) is 0 Å². The van der Waals surface area contributed by atoms with Crippen LogP contribution in [0.4, 0.5) is 0 Å². The molecule has 0 saturated carbocycles. The van der Waals surface area contributed by atoms with Gasteiger partial charge >= 0.3 is 0 Å². The molecule has 0 aliphatic carbocycles. The normalized spacial score (nSPS) is 9.06. The molecular formula is C15H34O. The Morgan fingerprint density at radius 2 is 1.44 bits per heavy atom. The van der Waals surface area contributed by atoms with Crippen LogP contribution < -0.4 is 0 Å². The first kappa shape index (κ1) is 21.0. The Labute approximate surface area is 104 Å². The lowest BCUT2D eigenvalue weighted by atomic mass is 10.1. The maximum atomic E-state index is 9.84. The number of hydrogen-bond donors (Lipinski definition) is 0. The van der Waals surface area contributed by atoms with Gasteiger partial charge in [0.1, 0.15) is 6.29 Å². The number of aldehydes is 1. The molecule has 100 valence electrons. The number of rotatable bonds is 8. The van der Waals surface area contributed by atoms with Gasteiger partial charge in [0.25, 0.3) is 0 Å². The molecule has 0 aromatic heterocycles. The number of unbranched alkanes of at least 4 members (excludes halogenated alkanes) is 5. The molecule has 0 spiro atoms. The van der Waals surface area contributed by atoms with Crippen LogP contribution in [0.15, 0.2) is 0 Å². The third kappa shape index (κ3) is 23.5. The van der Waals surface area contributed by atoms with Gasteiger partial charge in [0.2, 0.25) is 0 Å². The zero-order valence-electron chi connectivity index (χ0n) is 11.2. The molecule has 0 rings (SSSR count). The van der Waals surface area contributed by atoms with Gasteiger partial charge in [-0.3, -0.25) is 0 Å². The molecule has 0 fully saturated rings. The zero-order valence-corrected chi connectivity index (χ0v) is 11.2. The van der Waals surface area contributed by atoms with Gasteiger partial charge in [-0.1, -0.05) is 73.6 Å². The molecular weight excluding hydrogens is 196 g/mol. The average molecular weight is 230 g/mol. The second-order valence-corrected chi connectivity index (χ2v) is 4.29. The predicted octanol–water partition coefficient (Wildman–Crippen LogP) is 5.62. The highest BCUT2D eigenvalue weighted by Gasteiger charge is 1.88. The van der Waals surface area contributed by atoms with E-state index in [9.17, 15) is 4.79 Å². The Kier molecular flexibility index (Phi) is 26.4. The Balaban J connectivity index is -0.000000214. The van der Waals surface area contributed by atoms with Gasteiger partial charge in [0.05, 0.1) is 0 Å². The SMILES string of the molecule is C.CCC(C)CC.CCCCCCCC=O. The summed E-state index contributed by atoms with van der Waals surface area (Å²) in [7, 11) is 0. The molecule has 1 nitrogen and oxygen atoms in total. The van der Waals surface area contributed by atoms with Crippen LogP contribution in [0.5, 0.6) is 0 Å². The minimum atomic E-state index is 0. The van der Waals surface area contributed by atoms with Crippen molar-refractivity contribution < 1.29 is 4.79 Å². The summed E-state index contributed by atoms with van der Waals surface area (Å²) >= 11 is 0. The molecule has 1 heteroatoms. The summed E-state index contributed by atoms with van der Waals surface area (Å²) in [6.07, 6.45) is 10.6. The second-order valence-electron chi connectivity index (χ2n) is 4.29. The van der Waals surface area contributed by atoms with Crippen molar-refractivity contribution in [2.24, 2.45) is 5.92 Å². The van der Waals surface area contributed by atoms with Gasteiger partial charge in [0.15, 0.2) is 0 Å². The van der Waals surface area contributed by atoms with Crippen LogP contribution in [-0.4, -0.2) is 6.29 Å². The van der Waals surface area contributed by atoms with E-state index in [-0.39, 0.29) is 7.43 Å². The number of carbonyl (C=O) groups is 1. The largest absolute Gasteiger partial charge is 0.303 e. The van der Waals surface area contributed by atoms with E-state index in [2.05, 4.69) is 27.7 Å². The lowest BCUT2D eigenvalue weighted by Gasteiger charge is -1.98. The molecule has 0 aliphatic rings. The fraction of sp³-hybridized carbons (Fsp3) is 0.933. The van der Waals surface area contributed by atoms with E-state index in [1.165, 1.54) is 38.5 Å². The fourth-order valence-electron chi connectivity index (χ4n) is 1.12. The molecule has 0 heterocycles. The predicted molar refractivity (Wildman–Crippen MR) is 75.9 cm³/mol. The van der Waals surface area contributed by atoms with Gasteiger partial charge in [-0.2, -0.15) is 0 Å². The lowest BCUT2D eigenvalue weighted by molar-refractivity contribution is -0.107. The number of hydrogen-bond acceptors (Lipinski definition) is 1. The summed E-state index contributed by atoms with van der Waals surface area (Å²) in [4.78, 5) is 9.84. The smallest absolute Gasteiger partial charge is 0.119 e. The van der Waals surface area contributed by atoms with Crippen LogP contribution in [0.1, 0.15) is 86.5 Å². The van der Waals surface area contributed by atoms with E-state index in [0.717, 1.165) is 25.0 Å². The highest BCUT2D eigenvalue weighted by Crippen LogP contribution is 2.03. The van der Waals surface area contributed by atoms with E-state index in [4.69, 9.17) is 0 Å². The molecule has 0 aliphatic heterocycles. The van der Waals surface area contributed by atoms with Crippen molar-refractivity contribution in [2.45, 2.75) is 86.5 Å². The Hall–Kier alpha value is -0.330. The molecule has 0 aromatic rings. The van der Waals surface area contributed by atoms with Gasteiger partial charge in [0, 0.05) is 6.42 Å². The quantitative estimate of drug-likeness (QED) is 0.390. The third-order valence-corrected chi connectivity index (χ3v) is 2.82. The van der Waals surface area contributed by atoms with Crippen LogP contribution in [0, 0.1) is 5.92 Å². The molecule has 0 bridgehead atoms. The first-order valence-corrected chi connectivity index (χ1v) is 6.66. The number of carbonyl (C=O) groups excluding carboxylic acids is 1. The van der Waals surface area contributed by atoms with Crippen LogP contribution in [0.2, 0.25) is 0 Å². The van der Waals surface area contributed by atoms with Crippen molar-refractivity contribution in [1.29, 1.82) is 0 Å². The maximum absolute atomic E-state index is 9.84. The Morgan fingerprint density at radius 1 is 0.938 bits per heavy atom. The van der Waals surface area contributed by atoms with Crippen molar-refractivity contribution in [3.05, 3.63) is 0 Å². The summed E-state index contributed by atoms with van der Waals surface area (Å²) < 4.78 is 0. The van der Waals surface area contributed by atoms with Crippen LogP contribution in [0.25, 0.3) is 0 Å². The fourth-order valence-corrected chi connectivity index (χ4v) is 1.12. The minimum Gasteiger partial charge on any atom is -0.303 e. The third-order valence-electron chi connectivity index (χ3n) is 2.82. The molecule has 0 N–H and O–H groups in total. The van der Waals surface area contributed by atoms with E-state index in [1.54, 1.807) is 0 Å². The van der Waals surface area contributed by atoms with Crippen molar-refractivity contribution in [2.75, 3.05) is 0 Å². The summed E-state index contributed by atoms with van der Waals surface area (Å²) in [6, 6.07) is 0. The van der Waals surface area contributed by atoms with Crippen LogP contribution in [0.3, 0.4) is 0 Å². The Morgan fingerprint density at radius 3 is 1.75 bits per heavy atom. The first-order valence-electron chi connectivity index (χ1n) is 6.66. The molecule has 16 heavy (non-hydrogen) atoms. The molecule has 0 unspecified atom stereocenters. The van der Waals surface area contributed by atoms with E-state index < -0.39 is 0 Å². The molecule has 0 saturated heterocycles. The standard InChI is InChI=1S/C8H16O.C6H14.CH4/c1-2-3-4-5-6-7-8-9;1-4-6(3)5-2;/h8H,2-7H2,1H3;6H,4-5H2,1-3H3;1H4. The first-order chi connectivity index (χ1) is 7.22. The van der Waals surface area contributed by atoms with E-state index in [0.29, 0.717) is 0 Å². The highest BCUT2D eigenvalue weighted by molar-refractivity contribution is 5.48. The van der Waals surface area contributed by atoms with Gasteiger partial charge < -0.3 is 4.79 Å². The van der Waals surface area contributed by atoms with Gasteiger partial charge in [-0.05, 0) is 12.3 Å². The molecule has 0 radical (unpaired) electrons. The summed E-state index contributed by atoms with van der Waals surface area (Å²) in [6.45, 7) is 8.93. The molecule has 0 atom stereocenters. The maximum Gasteiger partial charge on any atom is 0.119 e. The lowest BCUT2D eigenvalue weighted by Crippen LogP contribution is -1.85. The van der Waals surface area contributed by atoms with Crippen molar-refractivity contribution in [1.82, 2.24) is 0 Å². The summed E-state index contributed by atoms with van der Waals surface area (Å²) in [5.41, 5.74) is 0. The van der Waals surface area contributed by atoms with Crippen LogP contribution in [-0.2, 0) is 4.79 Å². The van der Waals surface area contributed by atoms with Crippen molar-refractivity contribution in [3.8, 4) is 0 Å². The van der Waals surface area contributed by atoms with Gasteiger partial charge in [-0.25, -0.2) is 0 Å². The Bertz CT molecular complexity index is 106. The minimum absolute atomic E-state index is 0. The monoisotopic (exact) mass is 230 g/mol. The second kappa shape index (κ2) is 20.1. The highest BCUT2D eigenvalue weighted by atomic mass is 16.1. The van der Waals surface area contributed by atoms with Crippen molar-refractivity contribution >= 4 is 6.29 Å². The van der Waals surface area contributed by atoms with Crippen LogP contribution >= 0.6 is 0 Å². The topological polar surface area (TPSA) is 17.1 Å². The van der Waals surface area contributed by atoms with E-state index >= 15 is 0 Å². The molecule has 0 aromatic carbocycles. The molecule has 0 amide bonds. The zero-order chi connectivity index (χ0) is 11.9. The summed E-state index contributed by atoms with van der Waals surface area (Å²) in [5.74, 6) is 0.935. The van der Waals surface area contributed by atoms with Crippen molar-refractivity contribution in [3.63, 3.8) is 0 Å². The average Bonchev–Trinajstić information content (AvgIpc) is 2.29.